The van der Waals surface area contributed by atoms with Crippen molar-refractivity contribution in [3.63, 3.8) is 0 Å². The summed E-state index contributed by atoms with van der Waals surface area (Å²) < 4.78 is 1.80. The standard InChI is InChI=1S/C19H27N5O.2ClH/c1-22(2)9-10-24(16-7-5-4-6-8-16)19(25)18-13-20-12-17(18)15-11-21-23(3)14-15;;/h4-8,11,14,17-18,20H,9-10,12-13H2,1-3H3;2*1H/t17-,18+;;/m1../s1. The van der Waals surface area contributed by atoms with Gasteiger partial charge in [-0.2, -0.15) is 5.10 Å². The summed E-state index contributed by atoms with van der Waals surface area (Å²) in [6.07, 6.45) is 3.90. The van der Waals surface area contributed by atoms with Crippen LogP contribution < -0.4 is 10.2 Å². The highest BCUT2D eigenvalue weighted by Crippen LogP contribution is 2.30. The molecule has 2 heterocycles. The molecule has 0 saturated carbocycles. The fraction of sp³-hybridized carbons (Fsp3) is 0.474. The molecule has 2 aromatic rings. The van der Waals surface area contributed by atoms with Crippen molar-refractivity contribution in [2.24, 2.45) is 13.0 Å². The second kappa shape index (κ2) is 10.7. The second-order valence-corrected chi connectivity index (χ2v) is 6.95. The number of aromatic nitrogens is 2. The van der Waals surface area contributed by atoms with E-state index in [-0.39, 0.29) is 42.6 Å². The summed E-state index contributed by atoms with van der Waals surface area (Å²) in [6.45, 7) is 3.05. The van der Waals surface area contributed by atoms with Crippen molar-refractivity contribution < 1.29 is 4.79 Å². The molecule has 1 amide bonds. The lowest BCUT2D eigenvalue weighted by atomic mass is 9.89. The van der Waals surface area contributed by atoms with Gasteiger partial charge in [0.15, 0.2) is 0 Å². The zero-order valence-corrected chi connectivity index (χ0v) is 17.7. The summed E-state index contributed by atoms with van der Waals surface area (Å²) in [7, 11) is 5.97. The van der Waals surface area contributed by atoms with Gasteiger partial charge in [0.1, 0.15) is 0 Å². The molecule has 8 heteroatoms. The Morgan fingerprint density at radius 3 is 2.48 bits per heavy atom. The third-order valence-electron chi connectivity index (χ3n) is 4.79. The van der Waals surface area contributed by atoms with Crippen molar-refractivity contribution in [2.75, 3.05) is 45.2 Å². The molecular weight excluding hydrogens is 385 g/mol. The summed E-state index contributed by atoms with van der Waals surface area (Å²) in [5.74, 6) is 0.297. The van der Waals surface area contributed by atoms with E-state index in [1.807, 2.05) is 68.8 Å². The van der Waals surface area contributed by atoms with Gasteiger partial charge in [-0.1, -0.05) is 18.2 Å². The normalized spacial score (nSPS) is 18.7. The first-order chi connectivity index (χ1) is 12.1. The molecule has 1 aliphatic rings. The average molecular weight is 414 g/mol. The van der Waals surface area contributed by atoms with Gasteiger partial charge in [0, 0.05) is 51.0 Å². The Morgan fingerprint density at radius 2 is 1.89 bits per heavy atom. The number of benzene rings is 1. The fourth-order valence-electron chi connectivity index (χ4n) is 3.39. The number of rotatable bonds is 6. The lowest BCUT2D eigenvalue weighted by molar-refractivity contribution is -0.122. The van der Waals surface area contributed by atoms with Gasteiger partial charge in [-0.25, -0.2) is 0 Å². The molecule has 1 aromatic carbocycles. The number of aryl methyl sites for hydroxylation is 1. The molecule has 0 bridgehead atoms. The predicted molar refractivity (Wildman–Crippen MR) is 114 cm³/mol. The smallest absolute Gasteiger partial charge is 0.232 e. The Balaban J connectivity index is 0.00000182. The highest BCUT2D eigenvalue weighted by molar-refractivity contribution is 5.96. The van der Waals surface area contributed by atoms with Crippen LogP contribution in [0.4, 0.5) is 5.69 Å². The topological polar surface area (TPSA) is 53.4 Å². The minimum absolute atomic E-state index is 0. The molecule has 0 spiro atoms. The fourth-order valence-corrected chi connectivity index (χ4v) is 3.39. The van der Waals surface area contributed by atoms with Gasteiger partial charge >= 0.3 is 0 Å². The van der Waals surface area contributed by atoms with Crippen LogP contribution in [0.1, 0.15) is 11.5 Å². The highest BCUT2D eigenvalue weighted by atomic mass is 35.5. The van der Waals surface area contributed by atoms with E-state index in [2.05, 4.69) is 15.3 Å². The quantitative estimate of drug-likeness (QED) is 0.787. The number of carbonyl (C=O) groups excluding carboxylic acids is 1. The summed E-state index contributed by atoms with van der Waals surface area (Å²) in [6, 6.07) is 9.96. The van der Waals surface area contributed by atoms with Crippen LogP contribution in [-0.2, 0) is 11.8 Å². The maximum atomic E-state index is 13.4. The highest BCUT2D eigenvalue weighted by Gasteiger charge is 2.37. The van der Waals surface area contributed by atoms with Gasteiger partial charge in [-0.3, -0.25) is 9.48 Å². The largest absolute Gasteiger partial charge is 0.315 e. The van der Waals surface area contributed by atoms with Crippen LogP contribution in [-0.4, -0.2) is 60.9 Å². The average Bonchev–Trinajstić information content (AvgIpc) is 3.24. The van der Waals surface area contributed by atoms with Gasteiger partial charge in [-0.05, 0) is 31.8 Å². The van der Waals surface area contributed by atoms with Crippen molar-refractivity contribution in [2.45, 2.75) is 5.92 Å². The van der Waals surface area contributed by atoms with Crippen molar-refractivity contribution in [3.05, 3.63) is 48.3 Å². The third-order valence-corrected chi connectivity index (χ3v) is 4.79. The predicted octanol–water partition coefficient (Wildman–Crippen LogP) is 2.16. The molecule has 0 unspecified atom stereocenters. The number of para-hydroxylation sites is 1. The van der Waals surface area contributed by atoms with Gasteiger partial charge < -0.3 is 15.1 Å². The summed E-state index contributed by atoms with van der Waals surface area (Å²) in [4.78, 5) is 17.4. The van der Waals surface area contributed by atoms with Crippen LogP contribution in [0.3, 0.4) is 0 Å². The molecule has 1 aromatic heterocycles. The molecule has 27 heavy (non-hydrogen) atoms. The molecule has 2 atom stereocenters. The SMILES string of the molecule is CN(C)CCN(C(=O)[C@H]1CNC[C@@H]1c1cnn(C)c1)c1ccccc1.Cl.Cl. The van der Waals surface area contributed by atoms with Crippen LogP contribution in [0.5, 0.6) is 0 Å². The molecular formula is C19H29Cl2N5O. The Morgan fingerprint density at radius 1 is 1.19 bits per heavy atom. The van der Waals surface area contributed by atoms with Gasteiger partial charge in [0.25, 0.3) is 0 Å². The van der Waals surface area contributed by atoms with Crippen molar-refractivity contribution >= 4 is 36.4 Å². The molecule has 1 fully saturated rings. The molecule has 6 nitrogen and oxygen atoms in total. The number of nitrogens with zero attached hydrogens (tertiary/aromatic N) is 4. The third kappa shape index (κ3) is 5.69. The van der Waals surface area contributed by atoms with Crippen LogP contribution in [0.2, 0.25) is 0 Å². The minimum Gasteiger partial charge on any atom is -0.315 e. The monoisotopic (exact) mass is 413 g/mol. The van der Waals surface area contributed by atoms with Gasteiger partial charge in [-0.15, -0.1) is 24.8 Å². The molecule has 0 radical (unpaired) electrons. The van der Waals surface area contributed by atoms with E-state index in [1.165, 1.54) is 0 Å². The van der Waals surface area contributed by atoms with Crippen molar-refractivity contribution in [1.82, 2.24) is 20.0 Å². The summed E-state index contributed by atoms with van der Waals surface area (Å²) in [5, 5.41) is 7.66. The van der Waals surface area contributed by atoms with E-state index in [4.69, 9.17) is 0 Å². The van der Waals surface area contributed by atoms with E-state index in [9.17, 15) is 4.79 Å². The van der Waals surface area contributed by atoms with E-state index >= 15 is 0 Å². The number of carbonyl (C=O) groups is 1. The number of likely N-dealkylation sites (N-methyl/N-ethyl adjacent to an activating group) is 1. The van der Waals surface area contributed by atoms with Crippen molar-refractivity contribution in [3.8, 4) is 0 Å². The molecule has 150 valence electrons. The molecule has 3 rings (SSSR count). The van der Waals surface area contributed by atoms with Crippen LogP contribution in [0.15, 0.2) is 42.7 Å². The van der Waals surface area contributed by atoms with E-state index in [0.29, 0.717) is 13.1 Å². The number of amides is 1. The Labute approximate surface area is 173 Å². The van der Waals surface area contributed by atoms with Gasteiger partial charge in [0.2, 0.25) is 5.91 Å². The van der Waals surface area contributed by atoms with Crippen LogP contribution in [0, 0.1) is 5.92 Å². The first-order valence-electron chi connectivity index (χ1n) is 8.76. The number of hydrogen-bond acceptors (Lipinski definition) is 4. The molecule has 1 aliphatic heterocycles. The molecule has 1 N–H and O–H groups in total. The van der Waals surface area contributed by atoms with E-state index in [1.54, 1.807) is 4.68 Å². The Bertz CT molecular complexity index is 707. The summed E-state index contributed by atoms with van der Waals surface area (Å²) in [5.41, 5.74) is 2.10. The first kappa shape index (κ1) is 23.4. The molecule has 1 saturated heterocycles. The zero-order valence-electron chi connectivity index (χ0n) is 16.0. The maximum Gasteiger partial charge on any atom is 0.232 e. The number of nitrogens with one attached hydrogen (secondary N) is 1. The zero-order chi connectivity index (χ0) is 17.8. The lowest BCUT2D eigenvalue weighted by Gasteiger charge is -2.29. The van der Waals surface area contributed by atoms with E-state index in [0.717, 1.165) is 24.3 Å². The minimum atomic E-state index is -0.0634. The van der Waals surface area contributed by atoms with Gasteiger partial charge in [0.05, 0.1) is 12.1 Å². The Hall–Kier alpha value is -1.60. The summed E-state index contributed by atoms with van der Waals surface area (Å²) >= 11 is 0. The van der Waals surface area contributed by atoms with Crippen LogP contribution in [0.25, 0.3) is 0 Å². The van der Waals surface area contributed by atoms with Crippen molar-refractivity contribution in [1.29, 1.82) is 0 Å². The number of halogens is 2. The first-order valence-corrected chi connectivity index (χ1v) is 8.76. The second-order valence-electron chi connectivity index (χ2n) is 6.95. The number of hydrogen-bond donors (Lipinski definition) is 1. The Kier molecular flexibility index (Phi) is 9.26. The lowest BCUT2D eigenvalue weighted by Crippen LogP contribution is -2.42. The molecule has 0 aliphatic carbocycles. The van der Waals surface area contributed by atoms with Crippen LogP contribution >= 0.6 is 24.8 Å². The maximum absolute atomic E-state index is 13.4. The number of anilines is 1. The van der Waals surface area contributed by atoms with E-state index < -0.39 is 0 Å².